The van der Waals surface area contributed by atoms with Gasteiger partial charge in [-0.1, -0.05) is 305 Å². The van der Waals surface area contributed by atoms with Gasteiger partial charge < -0.3 is 15.6 Å². The quantitative estimate of drug-likeness (QED) is 0.114. The molecule has 0 aliphatic carbocycles. The molecule has 1 aliphatic rings. The predicted molar refractivity (Wildman–Crippen MR) is 385 cm³/mol. The van der Waals surface area contributed by atoms with Crippen LogP contribution >= 0.6 is 0 Å². The second-order valence-corrected chi connectivity index (χ2v) is 36.1. The van der Waals surface area contributed by atoms with Gasteiger partial charge in [-0.05, 0) is 109 Å². The number of rotatable bonds is 11. The Kier molecular flexibility index (Phi) is 32.1. The first-order valence-corrected chi connectivity index (χ1v) is 32.9. The van der Waals surface area contributed by atoms with Crippen molar-refractivity contribution in [3.8, 4) is 0 Å². The van der Waals surface area contributed by atoms with Crippen molar-refractivity contribution >= 4 is 41.6 Å². The molecule has 2 atom stereocenters. The molecule has 500 valence electrons. The number of nitrogens with zero attached hydrogens (tertiary/aromatic N) is 1. The summed E-state index contributed by atoms with van der Waals surface area (Å²) in [7, 11) is 0. The first kappa shape index (κ1) is 83.5. The summed E-state index contributed by atoms with van der Waals surface area (Å²) in [4.78, 5) is 62.7. The van der Waals surface area contributed by atoms with E-state index < -0.39 is 0 Å². The van der Waals surface area contributed by atoms with E-state index >= 15 is 0 Å². The summed E-state index contributed by atoms with van der Waals surface area (Å²) in [5.74, 6) is 1.66. The number of benzene rings is 4. The molecule has 4 aromatic carbocycles. The molecule has 0 bridgehead atoms. The number of hydrogen-bond donors (Lipinski definition) is 2. The number of carbonyl (C=O) groups is 5. The lowest BCUT2D eigenvalue weighted by Crippen LogP contribution is -2.44. The lowest BCUT2D eigenvalue weighted by Gasteiger charge is -2.36. The molecule has 5 rings (SSSR count). The van der Waals surface area contributed by atoms with Gasteiger partial charge in [-0.3, -0.25) is 24.0 Å². The zero-order valence-corrected chi connectivity index (χ0v) is 62.5. The zero-order chi connectivity index (χ0) is 69.8. The maximum atomic E-state index is 12.3. The van der Waals surface area contributed by atoms with E-state index in [9.17, 15) is 24.0 Å². The van der Waals surface area contributed by atoms with Crippen LogP contribution in [0.2, 0.25) is 0 Å². The molecule has 8 nitrogen and oxygen atoms in total. The van der Waals surface area contributed by atoms with Crippen LogP contribution < -0.4 is 5.32 Å². The Labute approximate surface area is 546 Å². The van der Waals surface area contributed by atoms with E-state index in [2.05, 4.69) is 258 Å². The number of Topliss-reactive ketones (excluding diaryl/α,β-unsaturated/α-hetero) is 3. The summed E-state index contributed by atoms with van der Waals surface area (Å²) in [6.45, 7) is 67.6. The van der Waals surface area contributed by atoms with Crippen LogP contribution in [0.4, 0.5) is 5.69 Å². The Balaban J connectivity index is 0.00000108. The van der Waals surface area contributed by atoms with Crippen molar-refractivity contribution in [1.29, 1.82) is 5.41 Å². The Morgan fingerprint density at radius 1 is 0.494 bits per heavy atom. The van der Waals surface area contributed by atoms with Gasteiger partial charge in [-0.15, -0.1) is 0 Å². The fourth-order valence-corrected chi connectivity index (χ4v) is 10.3. The second kappa shape index (κ2) is 34.2. The third-order valence-electron chi connectivity index (χ3n) is 15.2. The third-order valence-corrected chi connectivity index (χ3v) is 15.2. The van der Waals surface area contributed by atoms with Gasteiger partial charge in [-0.2, -0.15) is 0 Å². The molecule has 0 saturated carbocycles. The number of para-hydroxylation sites is 1. The van der Waals surface area contributed by atoms with Crippen LogP contribution in [-0.2, 0) is 37.0 Å². The lowest BCUT2D eigenvalue weighted by molar-refractivity contribution is -0.135. The number of likely N-dealkylation sites (tertiary alicyclic amines) is 1. The van der Waals surface area contributed by atoms with Crippen molar-refractivity contribution in [2.75, 3.05) is 11.9 Å². The fourth-order valence-electron chi connectivity index (χ4n) is 10.3. The molecule has 8 heteroatoms. The van der Waals surface area contributed by atoms with E-state index in [0.717, 1.165) is 36.2 Å². The maximum absolute atomic E-state index is 12.3. The molecule has 1 fully saturated rings. The number of nitrogens with one attached hydrogen (secondary N) is 2. The highest BCUT2D eigenvalue weighted by molar-refractivity contribution is 6.00. The van der Waals surface area contributed by atoms with E-state index in [1.807, 2.05) is 69.3 Å². The minimum absolute atomic E-state index is 0.0146. The van der Waals surface area contributed by atoms with Gasteiger partial charge in [0.25, 0.3) is 0 Å². The summed E-state index contributed by atoms with van der Waals surface area (Å²) in [6, 6.07) is 35.0. The topological polar surface area (TPSA) is 124 Å². The molecule has 4 aromatic rings. The van der Waals surface area contributed by atoms with Crippen molar-refractivity contribution < 1.29 is 24.0 Å². The van der Waals surface area contributed by atoms with Crippen LogP contribution in [0.15, 0.2) is 103 Å². The number of hydrogen-bond acceptors (Lipinski definition) is 6. The standard InChI is InChI=1S/C19H30O.C16H25NO.C16H24O.C15H22O.C14H27NO.CH3N/c1-18(2,3)14-17(20)13-16(19(4,5)6)12-15-10-8-7-9-11-15;1-15(2,3)11-14(18)17-13-10-8-7-9-12(13)16(4,5)6;1-15(2,3)11-14(17)12-7-9-13(10-8-12)16(4,5)6;1-14(2,3)12-9-7-11(8-10-12)13(16)15(4,5)6;1-13(2,3)10-12(16)15-9-7-8-11(15)14(4,5)6;1-2/h7-11,16H,12-14H2,1-6H3;7-10H,11H2,1-6H3,(H,17,18);7-10H,11H2,1-6H3;7-10H,1-6H3;11H,7-10H2,1-6H3;2H,1H2. The monoisotopic (exact) mass is 1230 g/mol. The number of carbonyl (C=O) groups excluding carboxylic acids is 5. The van der Waals surface area contributed by atoms with E-state index in [1.165, 1.54) is 28.7 Å². The van der Waals surface area contributed by atoms with E-state index in [4.69, 9.17) is 5.41 Å². The van der Waals surface area contributed by atoms with Crippen LogP contribution in [0.25, 0.3) is 0 Å². The minimum atomic E-state index is -0.302. The minimum Gasteiger partial charge on any atom is -0.339 e. The van der Waals surface area contributed by atoms with E-state index in [-0.39, 0.29) is 71.6 Å². The average Bonchev–Trinajstić information content (AvgIpc) is 2.18. The molecule has 2 amide bonds. The molecule has 1 aliphatic heterocycles. The summed E-state index contributed by atoms with van der Waals surface area (Å²) in [5.41, 5.74) is 8.24. The molecular weight excluding hydrogens is 1090 g/mol. The molecule has 0 aromatic heterocycles. The van der Waals surface area contributed by atoms with Crippen molar-refractivity contribution in [3.63, 3.8) is 0 Å². The van der Waals surface area contributed by atoms with Crippen LogP contribution in [0.3, 0.4) is 0 Å². The maximum Gasteiger partial charge on any atom is 0.224 e. The molecule has 2 unspecified atom stereocenters. The summed E-state index contributed by atoms with van der Waals surface area (Å²) < 4.78 is 0. The normalized spacial score (nSPS) is 14.4. The number of anilines is 1. The highest BCUT2D eigenvalue weighted by Crippen LogP contribution is 2.37. The van der Waals surface area contributed by atoms with Gasteiger partial charge in [0.15, 0.2) is 11.6 Å². The van der Waals surface area contributed by atoms with Crippen LogP contribution in [0.5, 0.6) is 0 Å². The molecular formula is C81H131N3O5. The van der Waals surface area contributed by atoms with Crippen LogP contribution in [-0.4, -0.2) is 53.4 Å². The number of amides is 2. The van der Waals surface area contributed by atoms with Crippen molar-refractivity contribution in [1.82, 2.24) is 4.90 Å². The Bertz CT molecular complexity index is 2770. The van der Waals surface area contributed by atoms with Gasteiger partial charge in [0.05, 0.1) is 0 Å². The smallest absolute Gasteiger partial charge is 0.224 e. The summed E-state index contributed by atoms with van der Waals surface area (Å²) in [6.07, 6.45) is 6.48. The summed E-state index contributed by atoms with van der Waals surface area (Å²) >= 11 is 0. The predicted octanol–water partition coefficient (Wildman–Crippen LogP) is 22.2. The molecule has 89 heavy (non-hydrogen) atoms. The first-order chi connectivity index (χ1) is 40.0. The molecule has 1 saturated heterocycles. The number of ketones is 3. The average molecular weight is 1230 g/mol. The lowest BCUT2D eigenvalue weighted by atomic mass is 9.73. The molecule has 1 heterocycles. The van der Waals surface area contributed by atoms with Crippen molar-refractivity contribution in [3.05, 3.63) is 137 Å². The van der Waals surface area contributed by atoms with E-state index in [0.29, 0.717) is 55.8 Å². The molecule has 2 N–H and O–H groups in total. The Morgan fingerprint density at radius 3 is 1.29 bits per heavy atom. The largest absolute Gasteiger partial charge is 0.339 e. The fraction of sp³-hybridized carbons (Fsp3) is 0.630. The van der Waals surface area contributed by atoms with E-state index in [1.54, 1.807) is 0 Å². The van der Waals surface area contributed by atoms with Crippen molar-refractivity contribution in [2.24, 2.45) is 43.8 Å². The Morgan fingerprint density at radius 2 is 0.910 bits per heavy atom. The zero-order valence-electron chi connectivity index (χ0n) is 62.5. The van der Waals surface area contributed by atoms with Crippen LogP contribution in [0.1, 0.15) is 296 Å². The first-order valence-electron chi connectivity index (χ1n) is 32.9. The SMILES string of the molecule is C=N.CC(C)(C)C(=O)c1ccc(C(C)(C)C)cc1.CC(C)(C)CC(=O)CC(Cc1ccccc1)C(C)(C)C.CC(C)(C)CC(=O)N1CCCC1C(C)(C)C.CC(C)(C)CC(=O)Nc1ccccc1C(C)(C)C.CC(C)(C)CC(=O)c1ccc(C(C)(C)C)cc1. The van der Waals surface area contributed by atoms with Gasteiger partial charge in [0, 0.05) is 66.9 Å². The molecule has 0 radical (unpaired) electrons. The van der Waals surface area contributed by atoms with Gasteiger partial charge >= 0.3 is 0 Å². The van der Waals surface area contributed by atoms with Gasteiger partial charge in [0.1, 0.15) is 5.78 Å². The summed E-state index contributed by atoms with van der Waals surface area (Å²) in [5, 5.41) is 8.53. The molecule has 0 spiro atoms. The Hall–Kier alpha value is -5.50. The van der Waals surface area contributed by atoms with Gasteiger partial charge in [-0.25, -0.2) is 0 Å². The second-order valence-electron chi connectivity index (χ2n) is 36.1. The van der Waals surface area contributed by atoms with Gasteiger partial charge in [0.2, 0.25) is 11.8 Å². The highest BCUT2D eigenvalue weighted by atomic mass is 16.2. The van der Waals surface area contributed by atoms with Crippen molar-refractivity contribution in [2.45, 2.75) is 281 Å². The highest BCUT2D eigenvalue weighted by Gasteiger charge is 2.38. The van der Waals surface area contributed by atoms with Crippen LogP contribution in [0, 0.1) is 49.2 Å². The third kappa shape index (κ3) is 35.1.